The maximum Gasteiger partial charge on any atom is 0.319 e. The third-order valence-corrected chi connectivity index (χ3v) is 3.25. The van der Waals surface area contributed by atoms with Crippen molar-refractivity contribution >= 4 is 23.3 Å². The first kappa shape index (κ1) is 15.1. The van der Waals surface area contributed by atoms with Crippen LogP contribution in [0.25, 0.3) is 0 Å². The van der Waals surface area contributed by atoms with Gasteiger partial charge < -0.3 is 15.4 Å². The number of rotatable bonds is 4. The molecule has 21 heavy (non-hydrogen) atoms. The Morgan fingerprint density at radius 2 is 2.19 bits per heavy atom. The number of ether oxygens (including phenoxy) is 1. The van der Waals surface area contributed by atoms with Gasteiger partial charge in [-0.25, -0.2) is 4.79 Å². The number of carbonyl (C=O) groups excluding carboxylic acids is 1. The van der Waals surface area contributed by atoms with Crippen molar-refractivity contribution in [3.05, 3.63) is 53.3 Å². The SMILES string of the molecule is COc1cc(NC(=O)N[C@H](C)c2cccnc2)ccc1Cl. The zero-order valence-corrected chi connectivity index (χ0v) is 12.5. The van der Waals surface area contributed by atoms with Crippen LogP contribution in [0.15, 0.2) is 42.7 Å². The fraction of sp³-hybridized carbons (Fsp3) is 0.200. The number of nitrogens with zero attached hydrogens (tertiary/aromatic N) is 1. The monoisotopic (exact) mass is 305 g/mol. The number of pyridine rings is 1. The van der Waals surface area contributed by atoms with Crippen LogP contribution in [0, 0.1) is 0 Å². The highest BCUT2D eigenvalue weighted by Gasteiger charge is 2.10. The van der Waals surface area contributed by atoms with Crippen LogP contribution in [-0.2, 0) is 0 Å². The average Bonchev–Trinajstić information content (AvgIpc) is 2.50. The van der Waals surface area contributed by atoms with Crippen LogP contribution >= 0.6 is 11.6 Å². The van der Waals surface area contributed by atoms with Gasteiger partial charge >= 0.3 is 6.03 Å². The van der Waals surface area contributed by atoms with Gasteiger partial charge in [-0.1, -0.05) is 17.7 Å². The van der Waals surface area contributed by atoms with E-state index < -0.39 is 0 Å². The van der Waals surface area contributed by atoms with Crippen molar-refractivity contribution < 1.29 is 9.53 Å². The molecule has 2 rings (SSSR count). The summed E-state index contributed by atoms with van der Waals surface area (Å²) in [6.07, 6.45) is 3.41. The number of nitrogens with one attached hydrogen (secondary N) is 2. The molecule has 0 unspecified atom stereocenters. The maximum absolute atomic E-state index is 12.0. The highest BCUT2D eigenvalue weighted by atomic mass is 35.5. The first-order valence-electron chi connectivity index (χ1n) is 6.41. The lowest BCUT2D eigenvalue weighted by Crippen LogP contribution is -2.31. The Kier molecular flexibility index (Phi) is 5.00. The van der Waals surface area contributed by atoms with E-state index in [0.29, 0.717) is 16.5 Å². The summed E-state index contributed by atoms with van der Waals surface area (Å²) in [4.78, 5) is 16.0. The molecule has 2 aromatic rings. The van der Waals surface area contributed by atoms with Gasteiger partial charge in [0.2, 0.25) is 0 Å². The van der Waals surface area contributed by atoms with Gasteiger partial charge in [0.05, 0.1) is 18.2 Å². The zero-order chi connectivity index (χ0) is 15.2. The molecule has 0 radical (unpaired) electrons. The van der Waals surface area contributed by atoms with Gasteiger partial charge in [-0.2, -0.15) is 0 Å². The largest absolute Gasteiger partial charge is 0.495 e. The van der Waals surface area contributed by atoms with E-state index in [2.05, 4.69) is 15.6 Å². The molecule has 0 aliphatic rings. The van der Waals surface area contributed by atoms with Gasteiger partial charge in [0.25, 0.3) is 0 Å². The smallest absolute Gasteiger partial charge is 0.319 e. The minimum absolute atomic E-state index is 0.145. The molecular formula is C15H16ClN3O2. The van der Waals surface area contributed by atoms with E-state index in [4.69, 9.17) is 16.3 Å². The van der Waals surface area contributed by atoms with Gasteiger partial charge in [-0.05, 0) is 30.7 Å². The van der Waals surface area contributed by atoms with E-state index >= 15 is 0 Å². The summed E-state index contributed by atoms with van der Waals surface area (Å²) in [6.45, 7) is 1.89. The Morgan fingerprint density at radius 1 is 1.38 bits per heavy atom. The molecule has 0 aliphatic carbocycles. The van der Waals surface area contributed by atoms with E-state index in [1.54, 1.807) is 30.6 Å². The van der Waals surface area contributed by atoms with E-state index in [0.717, 1.165) is 5.56 Å². The number of aromatic nitrogens is 1. The third-order valence-electron chi connectivity index (χ3n) is 2.94. The summed E-state index contributed by atoms with van der Waals surface area (Å²) < 4.78 is 5.11. The van der Waals surface area contributed by atoms with Crippen molar-refractivity contribution in [2.24, 2.45) is 0 Å². The number of methoxy groups -OCH3 is 1. The average molecular weight is 306 g/mol. The second kappa shape index (κ2) is 6.95. The molecule has 2 amide bonds. The predicted molar refractivity (Wildman–Crippen MR) is 82.8 cm³/mol. The van der Waals surface area contributed by atoms with Crippen LogP contribution < -0.4 is 15.4 Å². The summed E-state index contributed by atoms with van der Waals surface area (Å²) in [7, 11) is 1.52. The molecular weight excluding hydrogens is 290 g/mol. The fourth-order valence-electron chi connectivity index (χ4n) is 1.82. The number of anilines is 1. The van der Waals surface area contributed by atoms with E-state index in [1.807, 2.05) is 19.1 Å². The van der Waals surface area contributed by atoms with Gasteiger partial charge in [0, 0.05) is 24.1 Å². The Balaban J connectivity index is 1.99. The number of hydrogen-bond donors (Lipinski definition) is 2. The highest BCUT2D eigenvalue weighted by molar-refractivity contribution is 6.32. The van der Waals surface area contributed by atoms with Gasteiger partial charge in [0.1, 0.15) is 5.75 Å². The summed E-state index contributed by atoms with van der Waals surface area (Å²) >= 11 is 5.94. The lowest BCUT2D eigenvalue weighted by molar-refractivity contribution is 0.249. The lowest BCUT2D eigenvalue weighted by atomic mass is 10.1. The van der Waals surface area contributed by atoms with Crippen LogP contribution in [0.5, 0.6) is 5.75 Å². The molecule has 1 aromatic carbocycles. The molecule has 0 fully saturated rings. The van der Waals surface area contributed by atoms with Crippen LogP contribution in [0.1, 0.15) is 18.5 Å². The molecule has 0 aliphatic heterocycles. The molecule has 6 heteroatoms. The number of amides is 2. The molecule has 5 nitrogen and oxygen atoms in total. The highest BCUT2D eigenvalue weighted by Crippen LogP contribution is 2.27. The lowest BCUT2D eigenvalue weighted by Gasteiger charge is -2.15. The summed E-state index contributed by atoms with van der Waals surface area (Å²) in [5.74, 6) is 0.509. The molecule has 0 spiro atoms. The summed E-state index contributed by atoms with van der Waals surface area (Å²) in [5.41, 5.74) is 1.54. The molecule has 2 N–H and O–H groups in total. The number of halogens is 1. The Labute approximate surface area is 128 Å². The number of carbonyl (C=O) groups is 1. The van der Waals surface area contributed by atoms with Crippen molar-refractivity contribution in [2.45, 2.75) is 13.0 Å². The van der Waals surface area contributed by atoms with Crippen molar-refractivity contribution in [3.63, 3.8) is 0 Å². The quantitative estimate of drug-likeness (QED) is 0.906. The predicted octanol–water partition coefficient (Wildman–Crippen LogP) is 3.63. The molecule has 110 valence electrons. The second-order valence-corrected chi connectivity index (χ2v) is 4.86. The fourth-order valence-corrected chi connectivity index (χ4v) is 2.01. The van der Waals surface area contributed by atoms with Crippen molar-refractivity contribution in [1.82, 2.24) is 10.3 Å². The number of benzene rings is 1. The van der Waals surface area contributed by atoms with Crippen LogP contribution in [0.4, 0.5) is 10.5 Å². The Morgan fingerprint density at radius 3 is 2.86 bits per heavy atom. The van der Waals surface area contributed by atoms with Crippen molar-refractivity contribution in [1.29, 1.82) is 0 Å². The minimum atomic E-state index is -0.310. The molecule has 0 saturated heterocycles. The topological polar surface area (TPSA) is 63.2 Å². The van der Waals surface area contributed by atoms with E-state index in [-0.39, 0.29) is 12.1 Å². The number of urea groups is 1. The first-order valence-corrected chi connectivity index (χ1v) is 6.79. The standard InChI is InChI=1S/C15H16ClN3O2/c1-10(11-4-3-7-17-9-11)18-15(20)19-12-5-6-13(16)14(8-12)21-2/h3-10H,1-2H3,(H2,18,19,20)/t10-/m1/s1. The number of hydrogen-bond acceptors (Lipinski definition) is 3. The van der Waals surface area contributed by atoms with Gasteiger partial charge in [0.15, 0.2) is 0 Å². The maximum atomic E-state index is 12.0. The van der Waals surface area contributed by atoms with Crippen molar-refractivity contribution in [3.8, 4) is 5.75 Å². The zero-order valence-electron chi connectivity index (χ0n) is 11.8. The van der Waals surface area contributed by atoms with Gasteiger partial charge in [-0.3, -0.25) is 4.98 Å². The molecule has 0 saturated carbocycles. The van der Waals surface area contributed by atoms with E-state index in [1.165, 1.54) is 7.11 Å². The molecule has 1 atom stereocenters. The normalized spacial score (nSPS) is 11.6. The van der Waals surface area contributed by atoms with Crippen molar-refractivity contribution in [2.75, 3.05) is 12.4 Å². The van der Waals surface area contributed by atoms with Crippen LogP contribution in [0.3, 0.4) is 0 Å². The van der Waals surface area contributed by atoms with Gasteiger partial charge in [-0.15, -0.1) is 0 Å². The van der Waals surface area contributed by atoms with E-state index in [9.17, 15) is 4.79 Å². The molecule has 1 heterocycles. The van der Waals surface area contributed by atoms with Crippen LogP contribution in [-0.4, -0.2) is 18.1 Å². The Bertz CT molecular complexity index is 620. The minimum Gasteiger partial charge on any atom is -0.495 e. The summed E-state index contributed by atoms with van der Waals surface area (Å²) in [6, 6.07) is 8.32. The molecule has 1 aromatic heterocycles. The van der Waals surface area contributed by atoms with Crippen LogP contribution in [0.2, 0.25) is 5.02 Å². The summed E-state index contributed by atoms with van der Waals surface area (Å²) in [5, 5.41) is 6.06. The first-order chi connectivity index (χ1) is 10.1. The molecule has 0 bridgehead atoms. The Hall–Kier alpha value is -2.27. The third kappa shape index (κ3) is 4.10. The second-order valence-electron chi connectivity index (χ2n) is 4.46.